The van der Waals surface area contributed by atoms with Crippen LogP contribution in [-0.4, -0.2) is 14.3 Å². The van der Waals surface area contributed by atoms with Gasteiger partial charge >= 0.3 is 0 Å². The first-order chi connectivity index (χ1) is 13.0. The Balaban J connectivity index is 1.54. The standard InChI is InChI=1S/C19H16N2O4S2/c22-19(20-15-7-6-13-11-25-12-14(13)10-15)18-17(8-9-26-18)21-27(23,24)16-4-2-1-3-5-16/h1-10,21H,11-12H2,(H,20,22). The number of sulfonamides is 1. The number of carbonyl (C=O) groups is 1. The Hall–Kier alpha value is -2.68. The first-order valence-electron chi connectivity index (χ1n) is 8.19. The van der Waals surface area contributed by atoms with Crippen molar-refractivity contribution < 1.29 is 17.9 Å². The third-order valence-corrected chi connectivity index (χ3v) is 6.44. The first kappa shape index (κ1) is 17.7. The molecule has 2 N–H and O–H groups in total. The predicted octanol–water partition coefficient (Wildman–Crippen LogP) is 3.83. The van der Waals surface area contributed by atoms with Gasteiger partial charge in [-0.15, -0.1) is 11.3 Å². The Bertz CT molecular complexity index is 1090. The van der Waals surface area contributed by atoms with Crippen LogP contribution in [0.3, 0.4) is 0 Å². The summed E-state index contributed by atoms with van der Waals surface area (Å²) in [6.07, 6.45) is 0. The molecule has 0 spiro atoms. The molecule has 0 saturated carbocycles. The normalized spacial score (nSPS) is 13.2. The Morgan fingerprint density at radius 1 is 1.00 bits per heavy atom. The molecule has 0 bridgehead atoms. The summed E-state index contributed by atoms with van der Waals surface area (Å²) in [5.74, 6) is -0.366. The van der Waals surface area contributed by atoms with Crippen LogP contribution in [0.5, 0.6) is 0 Å². The molecule has 8 heteroatoms. The number of anilines is 2. The number of hydrogen-bond acceptors (Lipinski definition) is 5. The lowest BCUT2D eigenvalue weighted by atomic mass is 10.1. The number of carbonyl (C=O) groups excluding carboxylic acids is 1. The van der Waals surface area contributed by atoms with E-state index < -0.39 is 10.0 Å². The van der Waals surface area contributed by atoms with Gasteiger partial charge in [0.05, 0.1) is 23.8 Å². The smallest absolute Gasteiger partial charge is 0.267 e. The molecule has 27 heavy (non-hydrogen) atoms. The minimum Gasteiger partial charge on any atom is -0.372 e. The number of benzene rings is 2. The van der Waals surface area contributed by atoms with Crippen LogP contribution < -0.4 is 10.0 Å². The van der Waals surface area contributed by atoms with Gasteiger partial charge in [-0.3, -0.25) is 9.52 Å². The van der Waals surface area contributed by atoms with Gasteiger partial charge in [0, 0.05) is 5.69 Å². The topological polar surface area (TPSA) is 84.5 Å². The van der Waals surface area contributed by atoms with E-state index in [1.54, 1.807) is 29.6 Å². The lowest BCUT2D eigenvalue weighted by Crippen LogP contribution is -2.17. The highest BCUT2D eigenvalue weighted by atomic mass is 32.2. The van der Waals surface area contributed by atoms with E-state index >= 15 is 0 Å². The third-order valence-electron chi connectivity index (χ3n) is 4.15. The average Bonchev–Trinajstić information content (AvgIpc) is 3.31. The maximum atomic E-state index is 12.7. The molecule has 0 radical (unpaired) electrons. The van der Waals surface area contributed by atoms with E-state index in [1.165, 1.54) is 23.5 Å². The number of rotatable bonds is 5. The van der Waals surface area contributed by atoms with E-state index in [9.17, 15) is 13.2 Å². The zero-order valence-electron chi connectivity index (χ0n) is 14.1. The Morgan fingerprint density at radius 3 is 2.59 bits per heavy atom. The Labute approximate surface area is 160 Å². The second-order valence-electron chi connectivity index (χ2n) is 6.01. The maximum absolute atomic E-state index is 12.7. The number of amides is 1. The summed E-state index contributed by atoms with van der Waals surface area (Å²) in [4.78, 5) is 13.1. The lowest BCUT2D eigenvalue weighted by molar-refractivity contribution is 0.103. The fourth-order valence-corrected chi connectivity index (χ4v) is 4.71. The summed E-state index contributed by atoms with van der Waals surface area (Å²) >= 11 is 1.17. The van der Waals surface area contributed by atoms with Gasteiger partial charge in [-0.1, -0.05) is 24.3 Å². The van der Waals surface area contributed by atoms with Crippen LogP contribution in [0.4, 0.5) is 11.4 Å². The molecule has 3 aromatic rings. The van der Waals surface area contributed by atoms with Crippen LogP contribution in [0.1, 0.15) is 20.8 Å². The molecule has 1 aromatic heterocycles. The zero-order chi connectivity index (χ0) is 18.9. The quantitative estimate of drug-likeness (QED) is 0.682. The number of ether oxygens (including phenoxy) is 1. The highest BCUT2D eigenvalue weighted by Crippen LogP contribution is 2.28. The van der Waals surface area contributed by atoms with Crippen molar-refractivity contribution in [2.75, 3.05) is 10.0 Å². The molecule has 0 unspecified atom stereocenters. The van der Waals surface area contributed by atoms with Crippen molar-refractivity contribution in [2.45, 2.75) is 18.1 Å². The summed E-state index contributed by atoms with van der Waals surface area (Å²) in [5.41, 5.74) is 3.06. The minimum atomic E-state index is -3.76. The SMILES string of the molecule is O=C(Nc1ccc2c(c1)COC2)c1sccc1NS(=O)(=O)c1ccccc1. The average molecular weight is 400 g/mol. The van der Waals surface area contributed by atoms with Crippen molar-refractivity contribution in [3.05, 3.63) is 76.0 Å². The molecule has 0 saturated heterocycles. The van der Waals surface area contributed by atoms with Gasteiger partial charge in [0.2, 0.25) is 0 Å². The van der Waals surface area contributed by atoms with Gasteiger partial charge < -0.3 is 10.1 Å². The van der Waals surface area contributed by atoms with E-state index in [-0.39, 0.29) is 16.5 Å². The monoisotopic (exact) mass is 400 g/mol. The van der Waals surface area contributed by atoms with Crippen LogP contribution in [0.25, 0.3) is 0 Å². The zero-order valence-corrected chi connectivity index (χ0v) is 15.8. The van der Waals surface area contributed by atoms with Gasteiger partial charge in [-0.05, 0) is 46.8 Å². The first-order valence-corrected chi connectivity index (χ1v) is 10.6. The summed E-state index contributed by atoms with van der Waals surface area (Å²) in [5, 5.41) is 4.50. The predicted molar refractivity (Wildman–Crippen MR) is 104 cm³/mol. The molecule has 4 rings (SSSR count). The molecule has 6 nitrogen and oxygen atoms in total. The van der Waals surface area contributed by atoms with Gasteiger partial charge in [0.15, 0.2) is 0 Å². The molecular weight excluding hydrogens is 384 g/mol. The largest absolute Gasteiger partial charge is 0.372 e. The molecule has 138 valence electrons. The highest BCUT2D eigenvalue weighted by Gasteiger charge is 2.20. The summed E-state index contributed by atoms with van der Waals surface area (Å²) in [6, 6.07) is 15.2. The number of fused-ring (bicyclic) bond motifs is 1. The van der Waals surface area contributed by atoms with E-state index in [0.717, 1.165) is 11.1 Å². The summed E-state index contributed by atoms with van der Waals surface area (Å²) in [6.45, 7) is 1.11. The molecule has 2 aromatic carbocycles. The molecule has 0 aliphatic carbocycles. The van der Waals surface area contributed by atoms with E-state index in [1.807, 2.05) is 18.2 Å². The van der Waals surface area contributed by atoms with Crippen molar-refractivity contribution in [2.24, 2.45) is 0 Å². The van der Waals surface area contributed by atoms with Crippen LogP contribution in [0.2, 0.25) is 0 Å². The molecule has 0 atom stereocenters. The Morgan fingerprint density at radius 2 is 1.78 bits per heavy atom. The summed E-state index contributed by atoms with van der Waals surface area (Å²) in [7, 11) is -3.76. The highest BCUT2D eigenvalue weighted by molar-refractivity contribution is 7.92. The maximum Gasteiger partial charge on any atom is 0.267 e. The molecule has 1 aliphatic heterocycles. The van der Waals surface area contributed by atoms with Gasteiger partial charge in [-0.25, -0.2) is 8.42 Å². The molecule has 1 amide bonds. The van der Waals surface area contributed by atoms with E-state index in [0.29, 0.717) is 23.8 Å². The molecular formula is C19H16N2O4S2. The van der Waals surface area contributed by atoms with Crippen LogP contribution in [0, 0.1) is 0 Å². The van der Waals surface area contributed by atoms with Crippen molar-refractivity contribution in [1.29, 1.82) is 0 Å². The fraction of sp³-hybridized carbons (Fsp3) is 0.105. The number of nitrogens with one attached hydrogen (secondary N) is 2. The lowest BCUT2D eigenvalue weighted by Gasteiger charge is -2.10. The molecule has 2 heterocycles. The number of hydrogen-bond donors (Lipinski definition) is 2. The van der Waals surface area contributed by atoms with E-state index in [4.69, 9.17) is 4.74 Å². The minimum absolute atomic E-state index is 0.140. The fourth-order valence-electron chi connectivity index (χ4n) is 2.81. The third kappa shape index (κ3) is 3.73. The van der Waals surface area contributed by atoms with Gasteiger partial charge in [0.25, 0.3) is 15.9 Å². The van der Waals surface area contributed by atoms with Gasteiger partial charge in [-0.2, -0.15) is 0 Å². The van der Waals surface area contributed by atoms with Crippen molar-refractivity contribution >= 4 is 38.6 Å². The second kappa shape index (κ2) is 7.15. The van der Waals surface area contributed by atoms with Crippen LogP contribution in [0.15, 0.2) is 64.9 Å². The van der Waals surface area contributed by atoms with Gasteiger partial charge in [0.1, 0.15) is 4.88 Å². The molecule has 1 aliphatic rings. The summed E-state index contributed by atoms with van der Waals surface area (Å²) < 4.78 is 32.9. The van der Waals surface area contributed by atoms with Crippen LogP contribution in [-0.2, 0) is 28.0 Å². The van der Waals surface area contributed by atoms with Crippen molar-refractivity contribution in [1.82, 2.24) is 0 Å². The van der Waals surface area contributed by atoms with Crippen molar-refractivity contribution in [3.63, 3.8) is 0 Å². The number of thiophene rings is 1. The van der Waals surface area contributed by atoms with Crippen LogP contribution >= 0.6 is 11.3 Å². The second-order valence-corrected chi connectivity index (χ2v) is 8.61. The van der Waals surface area contributed by atoms with Crippen molar-refractivity contribution in [3.8, 4) is 0 Å². The van der Waals surface area contributed by atoms with E-state index in [2.05, 4.69) is 10.0 Å². The Kier molecular flexibility index (Phi) is 4.69. The molecule has 0 fully saturated rings.